The third-order valence-corrected chi connectivity index (χ3v) is 12.2. The van der Waals surface area contributed by atoms with Crippen LogP contribution in [-0.2, 0) is 23.2 Å². The Bertz CT molecular complexity index is 1480. The summed E-state index contributed by atoms with van der Waals surface area (Å²) in [5, 5.41) is 0. The number of hydrogen-bond acceptors (Lipinski definition) is 1. The van der Waals surface area contributed by atoms with Crippen LogP contribution in [0.4, 0.5) is 0 Å². The Morgan fingerprint density at radius 3 is 2.17 bits per heavy atom. The maximum Gasteiger partial charge on any atom is -1.00 e. The third kappa shape index (κ3) is 4.06. The summed E-state index contributed by atoms with van der Waals surface area (Å²) in [4.78, 5) is 2.72. The fourth-order valence-electron chi connectivity index (χ4n) is 5.44. The summed E-state index contributed by atoms with van der Waals surface area (Å²) in [6, 6.07) is 33.9. The van der Waals surface area contributed by atoms with E-state index in [-0.39, 0.29) is 9.41 Å². The number of benzene rings is 4. The molecule has 0 N–H and O–H groups in total. The van der Waals surface area contributed by atoms with Crippen LogP contribution < -0.4 is 9.41 Å². The molecule has 0 radical (unpaired) electrons. The first-order chi connectivity index (χ1) is 16.3. The van der Waals surface area contributed by atoms with Gasteiger partial charge in [-0.3, -0.25) is 0 Å². The fraction of sp³-hybridized carbons (Fsp3) is 0.0667. The van der Waals surface area contributed by atoms with Gasteiger partial charge in [0, 0.05) is 0 Å². The molecular weight excluding hydrogens is 602 g/mol. The second kappa shape index (κ2) is 9.77. The molecule has 2 heterocycles. The molecule has 0 saturated heterocycles. The van der Waals surface area contributed by atoms with Crippen LogP contribution >= 0.6 is 27.7 Å². The van der Waals surface area contributed by atoms with Gasteiger partial charge in [0.05, 0.1) is 0 Å². The van der Waals surface area contributed by atoms with Gasteiger partial charge in [0.25, 0.3) is 0 Å². The Morgan fingerprint density at radius 2 is 1.37 bits per heavy atom. The van der Waals surface area contributed by atoms with E-state index in [0.29, 0.717) is 11.8 Å². The second-order valence-electron chi connectivity index (χ2n) is 8.77. The normalized spacial score (nSPS) is 18.1. The average molecular weight is 621 g/mol. The van der Waals surface area contributed by atoms with Crippen molar-refractivity contribution in [2.75, 3.05) is 0 Å². The van der Waals surface area contributed by atoms with Crippen LogP contribution in [0.1, 0.15) is 45.2 Å². The Hall–Kier alpha value is -2.07. The fourth-order valence-corrected chi connectivity index (χ4v) is 11.2. The monoisotopic (exact) mass is 618 g/mol. The molecule has 2 aliphatic carbocycles. The van der Waals surface area contributed by atoms with E-state index >= 15 is 0 Å². The average Bonchev–Trinajstić information content (AvgIpc) is 3.40. The second-order valence-corrected chi connectivity index (χ2v) is 14.2. The predicted octanol–water partition coefficient (Wildman–Crippen LogP) is 2.68. The molecule has 0 aromatic heterocycles. The molecule has 2 atom stereocenters. The minimum Gasteiger partial charge on any atom is -1.00 e. The summed E-state index contributed by atoms with van der Waals surface area (Å²) in [5.74, 6) is 0.765. The van der Waals surface area contributed by atoms with Gasteiger partial charge in [-0.15, -0.1) is 0 Å². The Kier molecular flexibility index (Phi) is 6.87. The van der Waals surface area contributed by atoms with Crippen molar-refractivity contribution in [3.63, 3.8) is 0 Å². The zero-order valence-electron chi connectivity index (χ0n) is 18.5. The molecule has 0 spiro atoms. The van der Waals surface area contributed by atoms with Crippen LogP contribution in [0, 0.1) is 0 Å². The summed E-state index contributed by atoms with van der Waals surface area (Å²) < 4.78 is 4.55. The van der Waals surface area contributed by atoms with Crippen molar-refractivity contribution in [1.29, 1.82) is 0 Å². The van der Waals surface area contributed by atoms with E-state index in [1.54, 1.807) is 6.56 Å². The van der Waals surface area contributed by atoms with Gasteiger partial charge < -0.3 is 9.41 Å². The van der Waals surface area contributed by atoms with Gasteiger partial charge in [-0.25, -0.2) is 0 Å². The molecule has 0 nitrogen and oxygen atoms in total. The minimum absolute atomic E-state index is 0. The van der Waals surface area contributed by atoms with Crippen molar-refractivity contribution in [1.82, 2.24) is 0 Å². The van der Waals surface area contributed by atoms with Gasteiger partial charge in [0.2, 0.25) is 0 Å². The molecule has 35 heavy (non-hydrogen) atoms. The van der Waals surface area contributed by atoms with E-state index in [9.17, 15) is 0 Å². The van der Waals surface area contributed by atoms with E-state index in [2.05, 4.69) is 119 Å². The standard InChI is InChI=1S/C15H10Br.C15H9S.2FH.Zr/c16-14-8-4-7-12-9-10-13(15(12)14)11-5-2-1-3-6-11;1-2-13-12-8-9-14(13)15(3-1)16-11-6-4-10(12)5-7-11;;;/h1-9,13H;1-7,9,12H;2*1H;/q;;;;+2/p-2. The molecule has 170 valence electrons. The predicted molar refractivity (Wildman–Crippen MR) is 137 cm³/mol. The van der Waals surface area contributed by atoms with E-state index < -0.39 is 23.2 Å². The van der Waals surface area contributed by atoms with Crippen molar-refractivity contribution in [3.05, 3.63) is 135 Å². The van der Waals surface area contributed by atoms with Gasteiger partial charge in [-0.2, -0.15) is 0 Å². The smallest absolute Gasteiger partial charge is 1.00 e. The number of halogens is 3. The SMILES string of the molecule is Brc1cccc2c1C(c1ccccc1)[C]([Zr+2][C]1=Cc3c4cccc3C1c1ccc(cc1)S4)=C2.[F-].[F-]. The first-order valence-electron chi connectivity index (χ1n) is 11.2. The van der Waals surface area contributed by atoms with Crippen molar-refractivity contribution in [3.8, 4) is 0 Å². The van der Waals surface area contributed by atoms with Crippen molar-refractivity contribution < 1.29 is 32.6 Å². The maximum absolute atomic E-state index is 3.88. The van der Waals surface area contributed by atoms with Crippen molar-refractivity contribution >= 4 is 39.8 Å². The molecule has 4 aromatic carbocycles. The summed E-state index contributed by atoms with van der Waals surface area (Å²) in [6.07, 6.45) is 5.07. The molecule has 5 heteroatoms. The van der Waals surface area contributed by atoms with Gasteiger partial charge in [-0.05, 0) is 0 Å². The quantitative estimate of drug-likeness (QED) is 0.340. The summed E-state index contributed by atoms with van der Waals surface area (Å²) in [6.45, 7) is 0. The Morgan fingerprint density at radius 1 is 0.657 bits per heavy atom. The zero-order valence-corrected chi connectivity index (χ0v) is 23.4. The first-order valence-corrected chi connectivity index (χ1v) is 15.3. The number of allylic oxidation sites excluding steroid dienone is 2. The van der Waals surface area contributed by atoms with Crippen molar-refractivity contribution in [2.45, 2.75) is 21.6 Å². The molecule has 0 saturated carbocycles. The molecule has 4 aromatic rings. The van der Waals surface area contributed by atoms with Crippen molar-refractivity contribution in [2.24, 2.45) is 0 Å². The number of hydrogen-bond donors (Lipinski definition) is 0. The van der Waals surface area contributed by atoms with Crippen LogP contribution in [0.2, 0.25) is 0 Å². The van der Waals surface area contributed by atoms with E-state index in [1.165, 1.54) is 47.6 Å². The molecule has 2 unspecified atom stereocenters. The van der Waals surface area contributed by atoms with Crippen LogP contribution in [0.15, 0.2) is 112 Å². The van der Waals surface area contributed by atoms with Gasteiger partial charge in [-0.1, -0.05) is 0 Å². The first kappa shape index (κ1) is 24.6. The number of fused-ring (bicyclic) bond motifs is 3. The Labute approximate surface area is 228 Å². The largest absolute Gasteiger partial charge is 1.00 e. The van der Waals surface area contributed by atoms with Crippen LogP contribution in [0.3, 0.4) is 0 Å². The van der Waals surface area contributed by atoms with Crippen LogP contribution in [0.5, 0.6) is 0 Å². The van der Waals surface area contributed by atoms with E-state index in [4.69, 9.17) is 0 Å². The zero-order chi connectivity index (χ0) is 21.9. The molecule has 2 aliphatic heterocycles. The molecule has 6 bridgehead atoms. The van der Waals surface area contributed by atoms with E-state index in [0.717, 1.165) is 0 Å². The summed E-state index contributed by atoms with van der Waals surface area (Å²) in [5.41, 5.74) is 8.62. The molecule has 4 aliphatic rings. The minimum atomic E-state index is -1.03. The van der Waals surface area contributed by atoms with Gasteiger partial charge >= 0.3 is 220 Å². The van der Waals surface area contributed by atoms with Crippen LogP contribution in [0.25, 0.3) is 12.2 Å². The third-order valence-electron chi connectivity index (χ3n) is 6.88. The summed E-state index contributed by atoms with van der Waals surface area (Å²) >= 11 is 4.75. The topological polar surface area (TPSA) is 0 Å². The molecule has 0 amide bonds. The van der Waals surface area contributed by atoms with Gasteiger partial charge in [0.15, 0.2) is 0 Å². The van der Waals surface area contributed by atoms with Gasteiger partial charge in [0.1, 0.15) is 0 Å². The number of rotatable bonds is 3. The van der Waals surface area contributed by atoms with Crippen LogP contribution in [-0.4, -0.2) is 0 Å². The maximum atomic E-state index is 3.88. The Balaban J connectivity index is 0.00000127. The molecular formula is C30H19BrF2SZr. The molecule has 0 fully saturated rings. The van der Waals surface area contributed by atoms with E-state index in [1.807, 2.05) is 11.8 Å². The molecule has 8 rings (SSSR count). The summed E-state index contributed by atoms with van der Waals surface area (Å²) in [7, 11) is 0.